The number of nitrogens with zero attached hydrogens (tertiary/aromatic N) is 5. The molecule has 9 heteroatoms. The maximum Gasteiger partial charge on any atom is 0.311 e. The van der Waals surface area contributed by atoms with E-state index in [2.05, 4.69) is 39.6 Å². The number of ether oxygens (including phenoxy) is 1. The summed E-state index contributed by atoms with van der Waals surface area (Å²) in [6, 6.07) is 12.9. The Hall–Kier alpha value is -3.20. The zero-order chi connectivity index (χ0) is 19.2. The predicted molar refractivity (Wildman–Crippen MR) is 103 cm³/mol. The molecule has 0 atom stereocenters. The first-order chi connectivity index (χ1) is 13.1. The van der Waals surface area contributed by atoms with E-state index in [9.17, 15) is 10.1 Å². The lowest BCUT2D eigenvalue weighted by molar-refractivity contribution is -0.385. The Kier molecular flexibility index (Phi) is 5.82. The van der Waals surface area contributed by atoms with E-state index in [1.165, 1.54) is 53.3 Å². The van der Waals surface area contributed by atoms with Crippen molar-refractivity contribution >= 4 is 23.7 Å². The number of hydrogen-bond acceptors (Lipinski definition) is 7. The lowest BCUT2D eigenvalue weighted by Gasteiger charge is -2.03. The summed E-state index contributed by atoms with van der Waals surface area (Å²) in [5.74, 6) is 0.943. The first-order valence-electron chi connectivity index (χ1n) is 8.02. The molecular weight excluding hydrogens is 366 g/mol. The number of nitro benzene ring substituents is 1. The average Bonchev–Trinajstić information content (AvgIpc) is 3.13. The van der Waals surface area contributed by atoms with Gasteiger partial charge in [0.2, 0.25) is 5.16 Å². The van der Waals surface area contributed by atoms with E-state index in [1.807, 2.05) is 6.92 Å². The highest BCUT2D eigenvalue weighted by molar-refractivity contribution is 7.98. The molecule has 0 aliphatic rings. The van der Waals surface area contributed by atoms with Gasteiger partial charge in [-0.2, -0.15) is 9.78 Å². The molecule has 138 valence electrons. The van der Waals surface area contributed by atoms with Crippen molar-refractivity contribution in [2.75, 3.05) is 7.11 Å². The van der Waals surface area contributed by atoms with Crippen molar-refractivity contribution in [3.63, 3.8) is 0 Å². The zero-order valence-corrected chi connectivity index (χ0v) is 15.6. The second-order valence-electron chi connectivity index (χ2n) is 5.67. The molecule has 0 unspecified atom stereocenters. The van der Waals surface area contributed by atoms with Gasteiger partial charge in [0.15, 0.2) is 5.75 Å². The van der Waals surface area contributed by atoms with Crippen molar-refractivity contribution in [2.24, 2.45) is 5.10 Å². The Morgan fingerprint density at radius 3 is 2.78 bits per heavy atom. The maximum atomic E-state index is 11.1. The molecule has 0 aliphatic heterocycles. The lowest BCUT2D eigenvalue weighted by atomic mass is 10.2. The number of methoxy groups -OCH3 is 1. The van der Waals surface area contributed by atoms with Crippen LogP contribution in [0, 0.1) is 17.0 Å². The molecule has 0 saturated heterocycles. The second kappa shape index (κ2) is 8.45. The van der Waals surface area contributed by atoms with Gasteiger partial charge in [0, 0.05) is 17.4 Å². The van der Waals surface area contributed by atoms with Gasteiger partial charge in [-0.1, -0.05) is 41.6 Å². The number of thioether (sulfide) groups is 1. The molecule has 27 heavy (non-hydrogen) atoms. The fourth-order valence-electron chi connectivity index (χ4n) is 2.28. The highest BCUT2D eigenvalue weighted by atomic mass is 32.2. The minimum Gasteiger partial charge on any atom is -0.490 e. The molecule has 0 aliphatic carbocycles. The molecule has 1 aromatic heterocycles. The number of nitro groups is 1. The molecule has 0 bridgehead atoms. The zero-order valence-electron chi connectivity index (χ0n) is 14.8. The van der Waals surface area contributed by atoms with Gasteiger partial charge in [-0.3, -0.25) is 10.1 Å². The van der Waals surface area contributed by atoms with Crippen LogP contribution in [0.1, 0.15) is 16.7 Å². The predicted octanol–water partition coefficient (Wildman–Crippen LogP) is 3.68. The quantitative estimate of drug-likeness (QED) is 0.267. The lowest BCUT2D eigenvalue weighted by Crippen LogP contribution is -1.96. The molecule has 1 heterocycles. The molecule has 0 saturated carbocycles. The summed E-state index contributed by atoms with van der Waals surface area (Å²) in [6.45, 7) is 2.05. The summed E-state index contributed by atoms with van der Waals surface area (Å²) in [5.41, 5.74) is 2.85. The van der Waals surface area contributed by atoms with Crippen LogP contribution in [0.4, 0.5) is 5.69 Å². The van der Waals surface area contributed by atoms with Gasteiger partial charge in [0.25, 0.3) is 0 Å². The van der Waals surface area contributed by atoms with Gasteiger partial charge in [0.05, 0.1) is 18.2 Å². The molecule has 3 aromatic rings. The molecule has 0 fully saturated rings. The molecular formula is C18H17N5O3S. The number of aryl methyl sites for hydroxylation is 1. The summed E-state index contributed by atoms with van der Waals surface area (Å²) < 4.78 is 6.53. The summed E-state index contributed by atoms with van der Waals surface area (Å²) >= 11 is 1.51. The van der Waals surface area contributed by atoms with Gasteiger partial charge in [-0.25, -0.2) is 0 Å². The molecule has 0 amide bonds. The van der Waals surface area contributed by atoms with Crippen molar-refractivity contribution in [1.29, 1.82) is 0 Å². The van der Waals surface area contributed by atoms with Crippen LogP contribution >= 0.6 is 11.8 Å². The van der Waals surface area contributed by atoms with Crippen molar-refractivity contribution in [3.05, 3.63) is 75.6 Å². The van der Waals surface area contributed by atoms with Crippen LogP contribution < -0.4 is 4.74 Å². The first-order valence-corrected chi connectivity index (χ1v) is 9.00. The van der Waals surface area contributed by atoms with Crippen LogP contribution in [-0.2, 0) is 5.75 Å². The summed E-state index contributed by atoms with van der Waals surface area (Å²) in [5, 5.41) is 24.0. The van der Waals surface area contributed by atoms with Crippen LogP contribution in [0.5, 0.6) is 5.75 Å². The number of aromatic nitrogens is 3. The fraction of sp³-hybridized carbons (Fsp3) is 0.167. The topological polar surface area (TPSA) is 95.4 Å². The van der Waals surface area contributed by atoms with Crippen LogP contribution in [0.15, 0.2) is 59.0 Å². The number of rotatable bonds is 7. The number of benzene rings is 2. The summed E-state index contributed by atoms with van der Waals surface area (Å²) in [6.07, 6.45) is 3.01. The summed E-state index contributed by atoms with van der Waals surface area (Å²) in [7, 11) is 1.39. The van der Waals surface area contributed by atoms with Crippen molar-refractivity contribution in [2.45, 2.75) is 17.8 Å². The average molecular weight is 383 g/mol. The van der Waals surface area contributed by atoms with Crippen molar-refractivity contribution < 1.29 is 9.66 Å². The van der Waals surface area contributed by atoms with E-state index in [0.29, 0.717) is 10.7 Å². The van der Waals surface area contributed by atoms with E-state index in [1.54, 1.807) is 12.1 Å². The third-order valence-corrected chi connectivity index (χ3v) is 4.72. The van der Waals surface area contributed by atoms with E-state index in [-0.39, 0.29) is 11.4 Å². The minimum atomic E-state index is -0.488. The van der Waals surface area contributed by atoms with E-state index in [4.69, 9.17) is 4.74 Å². The molecule has 8 nitrogen and oxygen atoms in total. The highest BCUT2D eigenvalue weighted by Crippen LogP contribution is 2.27. The standard InChI is InChI=1S/C18H17N5O3S/c1-13-3-5-14(6-4-13)11-27-18-21-19-12-22(18)20-10-15-7-8-17(26-2)16(9-15)23(24)25/h3-10,12H,11H2,1-2H3/b20-10+. The molecule has 0 N–H and O–H groups in total. The van der Waals surface area contributed by atoms with Crippen LogP contribution in [0.2, 0.25) is 0 Å². The fourth-order valence-corrected chi connectivity index (χ4v) is 3.10. The molecule has 3 rings (SSSR count). The molecule has 0 radical (unpaired) electrons. The Labute approximate surface area is 160 Å². The first kappa shape index (κ1) is 18.6. The SMILES string of the molecule is COc1ccc(/C=N/n2cnnc2SCc2ccc(C)cc2)cc1[N+](=O)[O-]. The smallest absolute Gasteiger partial charge is 0.311 e. The second-order valence-corrected chi connectivity index (χ2v) is 6.61. The molecule has 0 spiro atoms. The van der Waals surface area contributed by atoms with Crippen LogP contribution in [0.25, 0.3) is 0 Å². The maximum absolute atomic E-state index is 11.1. The largest absolute Gasteiger partial charge is 0.490 e. The Bertz CT molecular complexity index is 969. The molecule has 2 aromatic carbocycles. The van der Waals surface area contributed by atoms with Crippen LogP contribution in [-0.4, -0.2) is 33.1 Å². The van der Waals surface area contributed by atoms with Gasteiger partial charge in [-0.15, -0.1) is 10.2 Å². The third kappa shape index (κ3) is 4.70. The van der Waals surface area contributed by atoms with E-state index in [0.717, 1.165) is 5.75 Å². The van der Waals surface area contributed by atoms with Gasteiger partial charge in [0.1, 0.15) is 6.33 Å². The van der Waals surface area contributed by atoms with E-state index < -0.39 is 4.92 Å². The normalized spacial score (nSPS) is 11.0. The Balaban J connectivity index is 1.73. The Morgan fingerprint density at radius 2 is 2.07 bits per heavy atom. The van der Waals surface area contributed by atoms with Crippen molar-refractivity contribution in [1.82, 2.24) is 14.9 Å². The van der Waals surface area contributed by atoms with Crippen molar-refractivity contribution in [3.8, 4) is 5.75 Å². The monoisotopic (exact) mass is 383 g/mol. The van der Waals surface area contributed by atoms with Crippen LogP contribution in [0.3, 0.4) is 0 Å². The van der Waals surface area contributed by atoms with Gasteiger partial charge < -0.3 is 4.74 Å². The Morgan fingerprint density at radius 1 is 1.30 bits per heavy atom. The van der Waals surface area contributed by atoms with Gasteiger partial charge in [-0.05, 0) is 24.6 Å². The summed E-state index contributed by atoms with van der Waals surface area (Å²) in [4.78, 5) is 10.6. The number of hydrogen-bond donors (Lipinski definition) is 0. The van der Waals surface area contributed by atoms with Gasteiger partial charge >= 0.3 is 5.69 Å². The van der Waals surface area contributed by atoms with E-state index >= 15 is 0 Å². The highest BCUT2D eigenvalue weighted by Gasteiger charge is 2.14. The minimum absolute atomic E-state index is 0.112. The third-order valence-electron chi connectivity index (χ3n) is 3.72.